The van der Waals surface area contributed by atoms with Gasteiger partial charge in [-0.1, -0.05) is 30.3 Å². The number of halogens is 1. The molecule has 142 valence electrons. The molecule has 0 fully saturated rings. The first kappa shape index (κ1) is 21.8. The summed E-state index contributed by atoms with van der Waals surface area (Å²) in [6.45, 7) is 3.91. The third-order valence-electron chi connectivity index (χ3n) is 4.23. The predicted molar refractivity (Wildman–Crippen MR) is 106 cm³/mol. The molecule has 0 heterocycles. The van der Waals surface area contributed by atoms with Crippen LogP contribution in [0.3, 0.4) is 0 Å². The van der Waals surface area contributed by atoms with Crippen LogP contribution >= 0.6 is 12.4 Å². The zero-order valence-corrected chi connectivity index (χ0v) is 16.4. The summed E-state index contributed by atoms with van der Waals surface area (Å²) in [5.74, 6) is 1.13. The van der Waals surface area contributed by atoms with Crippen molar-refractivity contribution in [3.8, 4) is 11.5 Å². The molecule has 2 atom stereocenters. The van der Waals surface area contributed by atoms with Gasteiger partial charge in [-0.25, -0.2) is 0 Å². The molecular formula is C20H27ClN2O3. The van der Waals surface area contributed by atoms with Gasteiger partial charge in [-0.15, -0.1) is 12.4 Å². The molecule has 2 aromatic carbocycles. The first-order chi connectivity index (χ1) is 12.0. The second-order valence-corrected chi connectivity index (χ2v) is 6.09. The molecule has 1 amide bonds. The number of nitrogens with one attached hydrogen (secondary N) is 1. The standard InChI is InChI=1S/C20H26N2O3.ClH/c1-13-10-18(24-3)19(25-4)12-16(13)14(2)22-20(23)17(21)11-15-8-6-5-7-9-15;/h5-10,12,14,17H,11,21H2,1-4H3,(H,22,23);1H. The van der Waals surface area contributed by atoms with Gasteiger partial charge in [-0.05, 0) is 49.1 Å². The quantitative estimate of drug-likeness (QED) is 0.776. The Balaban J connectivity index is 0.00000338. The lowest BCUT2D eigenvalue weighted by Crippen LogP contribution is -2.43. The first-order valence-electron chi connectivity index (χ1n) is 8.28. The van der Waals surface area contributed by atoms with Gasteiger partial charge in [0.15, 0.2) is 11.5 Å². The smallest absolute Gasteiger partial charge is 0.237 e. The molecule has 0 bridgehead atoms. The van der Waals surface area contributed by atoms with E-state index in [0.29, 0.717) is 17.9 Å². The fraction of sp³-hybridized carbons (Fsp3) is 0.350. The highest BCUT2D eigenvalue weighted by Crippen LogP contribution is 2.32. The number of hydrogen-bond acceptors (Lipinski definition) is 4. The van der Waals surface area contributed by atoms with Crippen molar-refractivity contribution < 1.29 is 14.3 Å². The number of aryl methyl sites for hydroxylation is 1. The third-order valence-corrected chi connectivity index (χ3v) is 4.23. The Morgan fingerprint density at radius 1 is 1.12 bits per heavy atom. The molecule has 5 nitrogen and oxygen atoms in total. The van der Waals surface area contributed by atoms with E-state index in [1.165, 1.54) is 0 Å². The van der Waals surface area contributed by atoms with E-state index >= 15 is 0 Å². The van der Waals surface area contributed by atoms with Gasteiger partial charge in [-0.2, -0.15) is 0 Å². The summed E-state index contributed by atoms with van der Waals surface area (Å²) in [7, 11) is 3.20. The molecule has 2 unspecified atom stereocenters. The summed E-state index contributed by atoms with van der Waals surface area (Å²) in [6.07, 6.45) is 0.504. The maximum Gasteiger partial charge on any atom is 0.237 e. The highest BCUT2D eigenvalue weighted by atomic mass is 35.5. The van der Waals surface area contributed by atoms with Crippen LogP contribution in [0.25, 0.3) is 0 Å². The number of benzene rings is 2. The van der Waals surface area contributed by atoms with E-state index < -0.39 is 6.04 Å². The Morgan fingerprint density at radius 2 is 1.69 bits per heavy atom. The molecule has 0 saturated carbocycles. The Bertz CT molecular complexity index is 722. The summed E-state index contributed by atoms with van der Waals surface area (Å²) >= 11 is 0. The van der Waals surface area contributed by atoms with E-state index in [4.69, 9.17) is 15.2 Å². The third kappa shape index (κ3) is 5.38. The molecule has 3 N–H and O–H groups in total. The number of ether oxygens (including phenoxy) is 2. The summed E-state index contributed by atoms with van der Waals surface area (Å²) < 4.78 is 10.7. The van der Waals surface area contributed by atoms with E-state index in [-0.39, 0.29) is 24.4 Å². The van der Waals surface area contributed by atoms with Crippen LogP contribution < -0.4 is 20.5 Å². The number of carbonyl (C=O) groups is 1. The number of hydrogen-bond donors (Lipinski definition) is 2. The van der Waals surface area contributed by atoms with Crippen LogP contribution in [0.2, 0.25) is 0 Å². The average molecular weight is 379 g/mol. The van der Waals surface area contributed by atoms with Crippen LogP contribution in [0.5, 0.6) is 11.5 Å². The SMILES string of the molecule is COc1cc(C)c(C(C)NC(=O)C(N)Cc2ccccc2)cc1OC.Cl. The summed E-state index contributed by atoms with van der Waals surface area (Å²) in [5, 5.41) is 2.99. The van der Waals surface area contributed by atoms with Crippen molar-refractivity contribution in [1.29, 1.82) is 0 Å². The van der Waals surface area contributed by atoms with E-state index in [0.717, 1.165) is 16.7 Å². The Labute approximate surface area is 161 Å². The number of amides is 1. The molecule has 0 aliphatic carbocycles. The van der Waals surface area contributed by atoms with E-state index in [1.54, 1.807) is 14.2 Å². The van der Waals surface area contributed by atoms with Crippen molar-refractivity contribution in [2.24, 2.45) is 5.73 Å². The minimum Gasteiger partial charge on any atom is -0.493 e. The second kappa shape index (κ2) is 10.0. The molecule has 26 heavy (non-hydrogen) atoms. The summed E-state index contributed by atoms with van der Waals surface area (Å²) in [5.41, 5.74) is 9.09. The van der Waals surface area contributed by atoms with Gasteiger partial charge in [0.05, 0.1) is 26.3 Å². The van der Waals surface area contributed by atoms with Gasteiger partial charge >= 0.3 is 0 Å². The molecule has 2 aromatic rings. The van der Waals surface area contributed by atoms with E-state index in [2.05, 4.69) is 5.32 Å². The van der Waals surface area contributed by atoms with Crippen LogP contribution in [0.15, 0.2) is 42.5 Å². The molecule has 0 aromatic heterocycles. The molecule has 0 aliphatic rings. The fourth-order valence-corrected chi connectivity index (χ4v) is 2.82. The second-order valence-electron chi connectivity index (χ2n) is 6.09. The molecule has 0 radical (unpaired) electrons. The van der Waals surface area contributed by atoms with Crippen molar-refractivity contribution >= 4 is 18.3 Å². The van der Waals surface area contributed by atoms with E-state index in [1.807, 2.05) is 56.3 Å². The van der Waals surface area contributed by atoms with Crippen molar-refractivity contribution in [1.82, 2.24) is 5.32 Å². The van der Waals surface area contributed by atoms with Crippen molar-refractivity contribution in [2.45, 2.75) is 32.4 Å². The van der Waals surface area contributed by atoms with Crippen molar-refractivity contribution in [2.75, 3.05) is 14.2 Å². The topological polar surface area (TPSA) is 73.6 Å². The number of rotatable bonds is 7. The maximum atomic E-state index is 12.4. The number of methoxy groups -OCH3 is 2. The normalized spacial score (nSPS) is 12.5. The highest BCUT2D eigenvalue weighted by Gasteiger charge is 2.19. The minimum absolute atomic E-state index is 0. The van der Waals surface area contributed by atoms with Crippen LogP contribution in [-0.4, -0.2) is 26.2 Å². The largest absolute Gasteiger partial charge is 0.493 e. The van der Waals surface area contributed by atoms with Crippen LogP contribution in [-0.2, 0) is 11.2 Å². The van der Waals surface area contributed by atoms with Gasteiger partial charge in [0.1, 0.15) is 0 Å². The minimum atomic E-state index is -0.592. The summed E-state index contributed by atoms with van der Waals surface area (Å²) in [4.78, 5) is 12.4. The van der Waals surface area contributed by atoms with Gasteiger partial charge in [-0.3, -0.25) is 4.79 Å². The Kier molecular flexibility index (Phi) is 8.42. The van der Waals surface area contributed by atoms with E-state index in [9.17, 15) is 4.79 Å². The number of nitrogens with two attached hydrogens (primary N) is 1. The van der Waals surface area contributed by atoms with Gasteiger partial charge in [0.2, 0.25) is 5.91 Å². The van der Waals surface area contributed by atoms with Gasteiger partial charge < -0.3 is 20.5 Å². The fourth-order valence-electron chi connectivity index (χ4n) is 2.82. The molecule has 2 rings (SSSR count). The maximum absolute atomic E-state index is 12.4. The van der Waals surface area contributed by atoms with Crippen molar-refractivity contribution in [3.63, 3.8) is 0 Å². The molecule has 6 heteroatoms. The molecule has 0 saturated heterocycles. The van der Waals surface area contributed by atoms with Gasteiger partial charge in [0.25, 0.3) is 0 Å². The van der Waals surface area contributed by atoms with Crippen molar-refractivity contribution in [3.05, 3.63) is 59.2 Å². The lowest BCUT2D eigenvalue weighted by atomic mass is 10.0. The van der Waals surface area contributed by atoms with Crippen LogP contribution in [0, 0.1) is 6.92 Å². The highest BCUT2D eigenvalue weighted by molar-refractivity contribution is 5.85. The predicted octanol–water partition coefficient (Wildman–Crippen LogP) is 3.18. The Hall–Kier alpha value is -2.24. The first-order valence-corrected chi connectivity index (χ1v) is 8.28. The zero-order valence-electron chi connectivity index (χ0n) is 15.6. The average Bonchev–Trinajstić information content (AvgIpc) is 2.61. The van der Waals surface area contributed by atoms with Crippen LogP contribution in [0.1, 0.15) is 29.7 Å². The molecule has 0 aliphatic heterocycles. The summed E-state index contributed by atoms with van der Waals surface area (Å²) in [6, 6.07) is 12.8. The van der Waals surface area contributed by atoms with Crippen LogP contribution in [0.4, 0.5) is 0 Å². The lowest BCUT2D eigenvalue weighted by molar-refractivity contribution is -0.123. The number of carbonyl (C=O) groups excluding carboxylic acids is 1. The lowest BCUT2D eigenvalue weighted by Gasteiger charge is -2.21. The Morgan fingerprint density at radius 3 is 2.27 bits per heavy atom. The molecule has 0 spiro atoms. The molecular weight excluding hydrogens is 352 g/mol. The zero-order chi connectivity index (χ0) is 18.4. The monoisotopic (exact) mass is 378 g/mol. The van der Waals surface area contributed by atoms with Gasteiger partial charge in [0, 0.05) is 0 Å².